The number of aromatic nitrogens is 2. The van der Waals surface area contributed by atoms with Crippen LogP contribution in [-0.4, -0.2) is 15.1 Å². The van der Waals surface area contributed by atoms with Crippen molar-refractivity contribution in [1.29, 1.82) is 0 Å². The van der Waals surface area contributed by atoms with E-state index in [2.05, 4.69) is 9.97 Å². The predicted octanol–water partition coefficient (Wildman–Crippen LogP) is 0.648. The zero-order valence-electron chi connectivity index (χ0n) is 8.47. The molecule has 5 heteroatoms. The number of aromatic hydroxyl groups is 1. The van der Waals surface area contributed by atoms with Crippen molar-refractivity contribution in [2.45, 2.75) is 6.42 Å². The van der Waals surface area contributed by atoms with E-state index in [0.29, 0.717) is 12.2 Å². The molecule has 0 aliphatic rings. The first-order chi connectivity index (χ1) is 7.63. The number of nitrogens with zero attached hydrogens (tertiary/aromatic N) is 1. The first-order valence-corrected chi connectivity index (χ1v) is 4.77. The van der Waals surface area contributed by atoms with Crippen LogP contribution in [0.2, 0.25) is 0 Å². The Morgan fingerprint density at radius 3 is 2.62 bits per heavy atom. The monoisotopic (exact) mass is 217 g/mol. The number of nitrogens with two attached hydrogens (primary N) is 1. The second-order valence-electron chi connectivity index (χ2n) is 3.46. The quantitative estimate of drug-likeness (QED) is 0.688. The Labute approximate surface area is 91.6 Å². The van der Waals surface area contributed by atoms with E-state index in [0.717, 1.165) is 5.56 Å². The fraction of sp³-hybridized carbons (Fsp3) is 0.0909. The van der Waals surface area contributed by atoms with Crippen LogP contribution >= 0.6 is 0 Å². The molecule has 0 bridgehead atoms. The van der Waals surface area contributed by atoms with Gasteiger partial charge in [-0.25, -0.2) is 4.98 Å². The van der Waals surface area contributed by atoms with E-state index in [1.165, 1.54) is 6.07 Å². The van der Waals surface area contributed by atoms with Gasteiger partial charge in [-0.05, 0) is 17.7 Å². The largest absolute Gasteiger partial charge is 0.508 e. The number of phenolic OH excluding ortho intramolecular Hbond substituents is 1. The topological polar surface area (TPSA) is 92.0 Å². The van der Waals surface area contributed by atoms with E-state index >= 15 is 0 Å². The molecule has 0 atom stereocenters. The molecule has 0 radical (unpaired) electrons. The van der Waals surface area contributed by atoms with Crippen LogP contribution in [-0.2, 0) is 6.42 Å². The maximum absolute atomic E-state index is 11.1. The van der Waals surface area contributed by atoms with Crippen molar-refractivity contribution in [3.63, 3.8) is 0 Å². The number of phenols is 1. The number of hydrogen-bond acceptors (Lipinski definition) is 4. The molecule has 1 heterocycles. The minimum absolute atomic E-state index is 0.206. The Balaban J connectivity index is 2.26. The molecule has 5 nitrogen and oxygen atoms in total. The van der Waals surface area contributed by atoms with E-state index in [9.17, 15) is 4.79 Å². The maximum atomic E-state index is 11.1. The van der Waals surface area contributed by atoms with Crippen molar-refractivity contribution in [3.05, 3.63) is 52.1 Å². The molecule has 16 heavy (non-hydrogen) atoms. The lowest BCUT2D eigenvalue weighted by Crippen LogP contribution is -2.12. The number of nitrogen functional groups attached to an aromatic ring is 1. The van der Waals surface area contributed by atoms with Crippen molar-refractivity contribution in [3.8, 4) is 5.75 Å². The van der Waals surface area contributed by atoms with Gasteiger partial charge in [-0.2, -0.15) is 0 Å². The summed E-state index contributed by atoms with van der Waals surface area (Å²) in [4.78, 5) is 17.8. The highest BCUT2D eigenvalue weighted by atomic mass is 16.3. The molecule has 0 aliphatic heterocycles. The van der Waals surface area contributed by atoms with Crippen LogP contribution in [0.1, 0.15) is 11.4 Å². The Hall–Kier alpha value is -2.30. The van der Waals surface area contributed by atoms with Crippen LogP contribution in [0.3, 0.4) is 0 Å². The molecule has 0 saturated carbocycles. The molecule has 1 aromatic heterocycles. The average Bonchev–Trinajstić information content (AvgIpc) is 2.20. The lowest BCUT2D eigenvalue weighted by molar-refractivity contribution is 0.475. The van der Waals surface area contributed by atoms with Crippen LogP contribution in [0.4, 0.5) is 5.82 Å². The summed E-state index contributed by atoms with van der Waals surface area (Å²) in [6.07, 6.45) is 0.473. The minimum atomic E-state index is -0.263. The normalized spacial score (nSPS) is 10.2. The van der Waals surface area contributed by atoms with E-state index in [4.69, 9.17) is 10.8 Å². The number of benzene rings is 1. The first-order valence-electron chi connectivity index (χ1n) is 4.77. The summed E-state index contributed by atoms with van der Waals surface area (Å²) in [5.74, 6) is 0.922. The van der Waals surface area contributed by atoms with Crippen LogP contribution in [0.5, 0.6) is 5.75 Å². The van der Waals surface area contributed by atoms with E-state index in [1.54, 1.807) is 24.3 Å². The number of rotatable bonds is 2. The maximum Gasteiger partial charge on any atom is 0.252 e. The molecule has 0 saturated heterocycles. The molecule has 2 aromatic rings. The van der Waals surface area contributed by atoms with Gasteiger partial charge in [0.1, 0.15) is 17.4 Å². The lowest BCUT2D eigenvalue weighted by Gasteiger charge is -2.02. The first kappa shape index (κ1) is 10.2. The van der Waals surface area contributed by atoms with Gasteiger partial charge in [0.25, 0.3) is 5.56 Å². The third-order valence-corrected chi connectivity index (χ3v) is 2.12. The van der Waals surface area contributed by atoms with Gasteiger partial charge < -0.3 is 15.8 Å². The van der Waals surface area contributed by atoms with Crippen LogP contribution < -0.4 is 11.3 Å². The fourth-order valence-electron chi connectivity index (χ4n) is 1.42. The summed E-state index contributed by atoms with van der Waals surface area (Å²) in [5, 5.41) is 9.12. The molecule has 0 spiro atoms. The molecule has 0 fully saturated rings. The van der Waals surface area contributed by atoms with Gasteiger partial charge in [-0.15, -0.1) is 0 Å². The van der Waals surface area contributed by atoms with Crippen molar-refractivity contribution < 1.29 is 5.11 Å². The third-order valence-electron chi connectivity index (χ3n) is 2.12. The SMILES string of the molecule is Nc1cc(=O)[nH]c(Cc2ccc(O)cc2)n1. The molecular weight excluding hydrogens is 206 g/mol. The molecule has 0 aliphatic carbocycles. The van der Waals surface area contributed by atoms with Crippen molar-refractivity contribution in [2.24, 2.45) is 0 Å². The second kappa shape index (κ2) is 4.06. The van der Waals surface area contributed by atoms with Crippen LogP contribution in [0, 0.1) is 0 Å². The smallest absolute Gasteiger partial charge is 0.252 e. The highest BCUT2D eigenvalue weighted by Gasteiger charge is 2.00. The summed E-state index contributed by atoms with van der Waals surface area (Å²) >= 11 is 0. The zero-order chi connectivity index (χ0) is 11.5. The van der Waals surface area contributed by atoms with Gasteiger partial charge >= 0.3 is 0 Å². The molecule has 1 aromatic carbocycles. The molecular formula is C11H11N3O2. The molecule has 0 amide bonds. The number of aromatic amines is 1. The van der Waals surface area contributed by atoms with Crippen LogP contribution in [0.25, 0.3) is 0 Å². The summed E-state index contributed by atoms with van der Waals surface area (Å²) < 4.78 is 0. The summed E-state index contributed by atoms with van der Waals surface area (Å²) in [6, 6.07) is 7.93. The zero-order valence-corrected chi connectivity index (χ0v) is 8.47. The van der Waals surface area contributed by atoms with Gasteiger partial charge in [0.2, 0.25) is 0 Å². The Kier molecular flexibility index (Phi) is 2.59. The molecule has 2 rings (SSSR count). The van der Waals surface area contributed by atoms with E-state index in [-0.39, 0.29) is 17.1 Å². The van der Waals surface area contributed by atoms with Crippen molar-refractivity contribution >= 4 is 5.82 Å². The van der Waals surface area contributed by atoms with Crippen molar-refractivity contribution in [1.82, 2.24) is 9.97 Å². The van der Waals surface area contributed by atoms with E-state index in [1.807, 2.05) is 0 Å². The molecule has 82 valence electrons. The molecule has 4 N–H and O–H groups in total. The Morgan fingerprint density at radius 1 is 1.31 bits per heavy atom. The molecule has 0 unspecified atom stereocenters. The Bertz CT molecular complexity index is 546. The van der Waals surface area contributed by atoms with Gasteiger partial charge in [0, 0.05) is 12.5 Å². The standard InChI is InChI=1S/C11H11N3O2/c12-9-6-11(16)14-10(13-9)5-7-1-3-8(15)4-2-7/h1-4,6,15H,5H2,(H3,12,13,14,16). The number of hydrogen-bond donors (Lipinski definition) is 3. The highest BCUT2D eigenvalue weighted by Crippen LogP contribution is 2.11. The summed E-state index contributed by atoms with van der Waals surface area (Å²) in [6.45, 7) is 0. The number of nitrogens with one attached hydrogen (secondary N) is 1. The Morgan fingerprint density at radius 2 is 2.00 bits per heavy atom. The highest BCUT2D eigenvalue weighted by molar-refractivity contribution is 5.30. The van der Waals surface area contributed by atoms with Crippen molar-refractivity contribution in [2.75, 3.05) is 5.73 Å². The van der Waals surface area contributed by atoms with Crippen LogP contribution in [0.15, 0.2) is 35.1 Å². The fourth-order valence-corrected chi connectivity index (χ4v) is 1.42. The van der Waals surface area contributed by atoms with Gasteiger partial charge in [-0.3, -0.25) is 4.79 Å². The third kappa shape index (κ3) is 2.38. The number of anilines is 1. The summed E-state index contributed by atoms with van der Waals surface area (Å²) in [7, 11) is 0. The minimum Gasteiger partial charge on any atom is -0.508 e. The van der Waals surface area contributed by atoms with E-state index < -0.39 is 0 Å². The van der Waals surface area contributed by atoms with Gasteiger partial charge in [-0.1, -0.05) is 12.1 Å². The average molecular weight is 217 g/mol. The van der Waals surface area contributed by atoms with Gasteiger partial charge in [0.15, 0.2) is 0 Å². The van der Waals surface area contributed by atoms with Gasteiger partial charge in [0.05, 0.1) is 0 Å². The second-order valence-corrected chi connectivity index (χ2v) is 3.46. The predicted molar refractivity (Wildman–Crippen MR) is 60.2 cm³/mol. The lowest BCUT2D eigenvalue weighted by atomic mass is 10.1. The number of H-pyrrole nitrogens is 1. The summed E-state index contributed by atoms with van der Waals surface area (Å²) in [5.41, 5.74) is 6.14.